The molecule has 2 N–H and O–H groups in total. The molecule has 0 aliphatic heterocycles. The molecule has 154 valence electrons. The SMILES string of the molecule is CNC(=O)c1ccc(-c2cn3c(n2)sc2cc(C(=O)NC(C)COC)ccc23)cc1. The summed E-state index contributed by atoms with van der Waals surface area (Å²) in [7, 11) is 3.22. The maximum atomic E-state index is 12.5. The minimum absolute atomic E-state index is 0.0591. The Morgan fingerprint density at radius 2 is 1.87 bits per heavy atom. The van der Waals surface area contributed by atoms with Crippen molar-refractivity contribution < 1.29 is 14.3 Å². The van der Waals surface area contributed by atoms with Crippen LogP contribution < -0.4 is 10.6 Å². The molecule has 1 atom stereocenters. The molecule has 2 amide bonds. The van der Waals surface area contributed by atoms with Crippen LogP contribution in [-0.2, 0) is 4.74 Å². The number of thiazole rings is 1. The van der Waals surface area contributed by atoms with Crippen molar-refractivity contribution in [2.45, 2.75) is 13.0 Å². The maximum absolute atomic E-state index is 12.5. The van der Waals surface area contributed by atoms with Crippen LogP contribution in [0.1, 0.15) is 27.6 Å². The van der Waals surface area contributed by atoms with E-state index in [2.05, 4.69) is 10.6 Å². The first-order valence-corrected chi connectivity index (χ1v) is 10.4. The highest BCUT2D eigenvalue weighted by Gasteiger charge is 2.14. The van der Waals surface area contributed by atoms with E-state index >= 15 is 0 Å². The fourth-order valence-corrected chi connectivity index (χ4v) is 4.36. The van der Waals surface area contributed by atoms with Gasteiger partial charge in [-0.15, -0.1) is 0 Å². The predicted octanol–water partition coefficient (Wildman–Crippen LogP) is 3.34. The lowest BCUT2D eigenvalue weighted by Crippen LogP contribution is -2.35. The van der Waals surface area contributed by atoms with Gasteiger partial charge in [0.25, 0.3) is 11.8 Å². The molecular formula is C22H22N4O3S. The van der Waals surface area contributed by atoms with Crippen LogP contribution in [0.3, 0.4) is 0 Å². The van der Waals surface area contributed by atoms with Crippen molar-refractivity contribution in [3.05, 3.63) is 59.8 Å². The van der Waals surface area contributed by atoms with Gasteiger partial charge in [-0.25, -0.2) is 4.98 Å². The number of fused-ring (bicyclic) bond motifs is 3. The minimum atomic E-state index is -0.121. The van der Waals surface area contributed by atoms with Gasteiger partial charge in [-0.05, 0) is 37.3 Å². The second-order valence-corrected chi connectivity index (χ2v) is 8.06. The predicted molar refractivity (Wildman–Crippen MR) is 118 cm³/mol. The summed E-state index contributed by atoms with van der Waals surface area (Å²) in [6, 6.07) is 12.9. The number of hydrogen-bond donors (Lipinski definition) is 2. The van der Waals surface area contributed by atoms with E-state index in [1.807, 2.05) is 47.9 Å². The first kappa shape index (κ1) is 20.1. The Hall–Kier alpha value is -3.23. The van der Waals surface area contributed by atoms with Crippen molar-refractivity contribution in [1.29, 1.82) is 0 Å². The number of methoxy groups -OCH3 is 1. The van der Waals surface area contributed by atoms with Crippen molar-refractivity contribution in [1.82, 2.24) is 20.0 Å². The summed E-state index contributed by atoms with van der Waals surface area (Å²) in [5.74, 6) is -0.237. The maximum Gasteiger partial charge on any atom is 0.251 e. The quantitative estimate of drug-likeness (QED) is 0.499. The van der Waals surface area contributed by atoms with E-state index in [9.17, 15) is 9.59 Å². The zero-order valence-electron chi connectivity index (χ0n) is 16.9. The Bertz CT molecular complexity index is 1230. The van der Waals surface area contributed by atoms with E-state index in [0.717, 1.165) is 26.4 Å². The molecule has 0 aliphatic rings. The van der Waals surface area contributed by atoms with Gasteiger partial charge in [-0.2, -0.15) is 0 Å². The molecule has 30 heavy (non-hydrogen) atoms. The number of imidazole rings is 1. The van der Waals surface area contributed by atoms with Crippen molar-refractivity contribution in [2.24, 2.45) is 0 Å². The molecule has 0 spiro atoms. The molecule has 2 aromatic heterocycles. The van der Waals surface area contributed by atoms with Crippen LogP contribution in [0.5, 0.6) is 0 Å². The molecule has 0 saturated heterocycles. The molecule has 0 saturated carbocycles. The molecule has 1 unspecified atom stereocenters. The monoisotopic (exact) mass is 422 g/mol. The van der Waals surface area contributed by atoms with E-state index < -0.39 is 0 Å². The fourth-order valence-electron chi connectivity index (χ4n) is 3.32. The molecule has 8 heteroatoms. The Kier molecular flexibility index (Phi) is 5.52. The van der Waals surface area contributed by atoms with Gasteiger partial charge in [0.1, 0.15) is 0 Å². The van der Waals surface area contributed by atoms with Gasteiger partial charge >= 0.3 is 0 Å². The standard InChI is InChI=1S/C22H22N4O3S/c1-13(12-29-3)24-21(28)16-8-9-18-19(10-16)30-22-25-17(11-26(18)22)14-4-6-15(7-5-14)20(27)23-2/h4-11,13H,12H2,1-3H3,(H,23,27)(H,24,28). The van der Waals surface area contributed by atoms with Crippen LogP contribution in [0.2, 0.25) is 0 Å². The van der Waals surface area contributed by atoms with Gasteiger partial charge in [-0.3, -0.25) is 14.0 Å². The van der Waals surface area contributed by atoms with E-state index in [4.69, 9.17) is 9.72 Å². The smallest absolute Gasteiger partial charge is 0.251 e. The molecule has 7 nitrogen and oxygen atoms in total. The number of ether oxygens (including phenoxy) is 1. The Balaban J connectivity index is 1.61. The zero-order chi connectivity index (χ0) is 21.3. The second kappa shape index (κ2) is 8.25. The van der Waals surface area contributed by atoms with E-state index in [1.165, 1.54) is 11.3 Å². The third-order valence-electron chi connectivity index (χ3n) is 4.82. The third-order valence-corrected chi connectivity index (χ3v) is 5.84. The Morgan fingerprint density at radius 1 is 1.13 bits per heavy atom. The lowest BCUT2D eigenvalue weighted by Gasteiger charge is -2.12. The van der Waals surface area contributed by atoms with Gasteiger partial charge < -0.3 is 15.4 Å². The Morgan fingerprint density at radius 3 is 2.57 bits per heavy atom. The fraction of sp³-hybridized carbons (Fsp3) is 0.227. The number of aromatic nitrogens is 2. The number of nitrogens with zero attached hydrogens (tertiary/aromatic N) is 2. The number of rotatable bonds is 6. The number of amides is 2. The molecule has 0 bridgehead atoms. The molecule has 0 radical (unpaired) electrons. The number of hydrogen-bond acceptors (Lipinski definition) is 5. The van der Waals surface area contributed by atoms with E-state index in [1.54, 1.807) is 26.3 Å². The van der Waals surface area contributed by atoms with Gasteiger partial charge in [0.15, 0.2) is 4.96 Å². The largest absolute Gasteiger partial charge is 0.383 e. The first-order valence-electron chi connectivity index (χ1n) is 9.54. The summed E-state index contributed by atoms with van der Waals surface area (Å²) in [5.41, 5.74) is 3.99. The van der Waals surface area contributed by atoms with Crippen molar-refractivity contribution in [3.63, 3.8) is 0 Å². The van der Waals surface area contributed by atoms with Crippen LogP contribution in [-0.4, -0.2) is 48.0 Å². The van der Waals surface area contributed by atoms with Crippen molar-refractivity contribution in [3.8, 4) is 11.3 Å². The topological polar surface area (TPSA) is 84.7 Å². The van der Waals surface area contributed by atoms with Crippen LogP contribution in [0.4, 0.5) is 0 Å². The second-order valence-electron chi connectivity index (χ2n) is 7.05. The summed E-state index contributed by atoms with van der Waals surface area (Å²) < 4.78 is 8.08. The van der Waals surface area contributed by atoms with Crippen molar-refractivity contribution in [2.75, 3.05) is 20.8 Å². The third kappa shape index (κ3) is 3.79. The highest BCUT2D eigenvalue weighted by atomic mass is 32.1. The average molecular weight is 423 g/mol. The van der Waals surface area contributed by atoms with Gasteiger partial charge in [0.05, 0.1) is 22.5 Å². The summed E-state index contributed by atoms with van der Waals surface area (Å²) in [6.07, 6.45) is 1.98. The highest BCUT2D eigenvalue weighted by molar-refractivity contribution is 7.23. The first-order chi connectivity index (χ1) is 14.5. The molecule has 0 fully saturated rings. The zero-order valence-corrected chi connectivity index (χ0v) is 17.7. The number of carbonyl (C=O) groups excluding carboxylic acids is 2. The van der Waals surface area contributed by atoms with E-state index in [-0.39, 0.29) is 17.9 Å². The molecule has 4 aromatic rings. The van der Waals surface area contributed by atoms with E-state index in [0.29, 0.717) is 17.7 Å². The van der Waals surface area contributed by atoms with Gasteiger partial charge in [-0.1, -0.05) is 23.5 Å². The highest BCUT2D eigenvalue weighted by Crippen LogP contribution is 2.30. The lowest BCUT2D eigenvalue weighted by molar-refractivity contribution is 0.0904. The molecular weight excluding hydrogens is 400 g/mol. The number of carbonyl (C=O) groups is 2. The molecule has 4 rings (SSSR count). The summed E-state index contributed by atoms with van der Waals surface area (Å²) in [5, 5.41) is 5.54. The van der Waals surface area contributed by atoms with Crippen LogP contribution >= 0.6 is 11.3 Å². The Labute approximate surface area is 177 Å². The number of benzene rings is 2. The van der Waals surface area contributed by atoms with Crippen molar-refractivity contribution >= 4 is 38.3 Å². The van der Waals surface area contributed by atoms with Crippen LogP contribution in [0.25, 0.3) is 26.4 Å². The summed E-state index contributed by atoms with van der Waals surface area (Å²) in [6.45, 7) is 2.37. The summed E-state index contributed by atoms with van der Waals surface area (Å²) in [4.78, 5) is 29.7. The summed E-state index contributed by atoms with van der Waals surface area (Å²) >= 11 is 1.53. The van der Waals surface area contributed by atoms with Crippen LogP contribution in [0.15, 0.2) is 48.7 Å². The molecule has 2 aromatic carbocycles. The van der Waals surface area contributed by atoms with Gasteiger partial charge in [0, 0.05) is 43.1 Å². The molecule has 2 heterocycles. The van der Waals surface area contributed by atoms with Gasteiger partial charge in [0.2, 0.25) is 0 Å². The minimum Gasteiger partial charge on any atom is -0.383 e. The van der Waals surface area contributed by atoms with Crippen LogP contribution in [0, 0.1) is 0 Å². The molecule has 0 aliphatic carbocycles. The normalized spacial score (nSPS) is 12.2. The lowest BCUT2D eigenvalue weighted by atomic mass is 10.1. The number of nitrogens with one attached hydrogen (secondary N) is 2. The average Bonchev–Trinajstić information content (AvgIpc) is 3.31.